The van der Waals surface area contributed by atoms with E-state index in [9.17, 15) is 14.9 Å². The van der Waals surface area contributed by atoms with E-state index in [0.29, 0.717) is 24.1 Å². The average Bonchev–Trinajstić information content (AvgIpc) is 2.95. The van der Waals surface area contributed by atoms with Crippen LogP contribution in [0.3, 0.4) is 0 Å². The molecule has 1 spiro atoms. The summed E-state index contributed by atoms with van der Waals surface area (Å²) in [4.78, 5) is 25.3. The number of carbonyl (C=O) groups is 1. The third-order valence-corrected chi connectivity index (χ3v) is 5.09. The molecule has 23 heavy (non-hydrogen) atoms. The van der Waals surface area contributed by atoms with Crippen molar-refractivity contribution in [1.29, 1.82) is 0 Å². The molecule has 0 bridgehead atoms. The van der Waals surface area contributed by atoms with Crippen molar-refractivity contribution in [2.75, 3.05) is 26.2 Å². The maximum absolute atomic E-state index is 12.7. The van der Waals surface area contributed by atoms with Crippen molar-refractivity contribution in [3.63, 3.8) is 0 Å². The molecule has 1 aromatic carbocycles. The quantitative estimate of drug-likeness (QED) is 0.663. The van der Waals surface area contributed by atoms with Gasteiger partial charge in [-0.25, -0.2) is 0 Å². The van der Waals surface area contributed by atoms with Gasteiger partial charge >= 0.3 is 0 Å². The van der Waals surface area contributed by atoms with Crippen LogP contribution in [0.2, 0.25) is 0 Å². The van der Waals surface area contributed by atoms with E-state index in [1.54, 1.807) is 30.0 Å². The Morgan fingerprint density at radius 3 is 2.57 bits per heavy atom. The highest BCUT2D eigenvalue weighted by Gasteiger charge is 2.39. The minimum Gasteiger partial charge on any atom is -0.338 e. The first-order chi connectivity index (χ1) is 10.5. The van der Waals surface area contributed by atoms with Gasteiger partial charge in [0.25, 0.3) is 11.6 Å². The number of piperidine rings is 1. The van der Waals surface area contributed by atoms with Gasteiger partial charge in [0, 0.05) is 25.2 Å². The number of nitro groups is 1. The van der Waals surface area contributed by atoms with E-state index in [4.69, 9.17) is 0 Å². The number of hydrogen-bond acceptors (Lipinski definition) is 4. The molecule has 0 radical (unpaired) electrons. The van der Waals surface area contributed by atoms with Crippen LogP contribution >= 0.6 is 12.4 Å². The van der Waals surface area contributed by atoms with E-state index >= 15 is 0 Å². The first-order valence-electron chi connectivity index (χ1n) is 7.76. The second-order valence-electron chi connectivity index (χ2n) is 6.45. The van der Waals surface area contributed by atoms with E-state index in [1.807, 2.05) is 0 Å². The summed E-state index contributed by atoms with van der Waals surface area (Å²) < 4.78 is 0. The van der Waals surface area contributed by atoms with Crippen molar-refractivity contribution < 1.29 is 9.72 Å². The lowest BCUT2D eigenvalue weighted by atomic mass is 9.77. The second-order valence-corrected chi connectivity index (χ2v) is 6.45. The zero-order chi connectivity index (χ0) is 15.7. The Kier molecular flexibility index (Phi) is 5.26. The molecule has 1 aromatic rings. The predicted molar refractivity (Wildman–Crippen MR) is 90.1 cm³/mol. The van der Waals surface area contributed by atoms with Crippen molar-refractivity contribution >= 4 is 24.0 Å². The second kappa shape index (κ2) is 6.84. The fourth-order valence-corrected chi connectivity index (χ4v) is 3.65. The van der Waals surface area contributed by atoms with Crippen LogP contribution in [0.1, 0.15) is 35.2 Å². The lowest BCUT2D eigenvalue weighted by Crippen LogP contribution is -2.44. The molecule has 7 heteroatoms. The van der Waals surface area contributed by atoms with E-state index < -0.39 is 4.92 Å². The Morgan fingerprint density at radius 1 is 1.30 bits per heavy atom. The van der Waals surface area contributed by atoms with Crippen molar-refractivity contribution in [2.45, 2.75) is 26.2 Å². The first-order valence-corrected chi connectivity index (χ1v) is 7.76. The van der Waals surface area contributed by atoms with Crippen molar-refractivity contribution in [1.82, 2.24) is 10.2 Å². The summed E-state index contributed by atoms with van der Waals surface area (Å²) in [6, 6.07) is 4.95. The molecule has 0 atom stereocenters. The monoisotopic (exact) mass is 339 g/mol. The summed E-state index contributed by atoms with van der Waals surface area (Å²) in [5.41, 5.74) is 1.01. The molecule has 2 aliphatic rings. The van der Waals surface area contributed by atoms with Gasteiger partial charge in [-0.3, -0.25) is 14.9 Å². The van der Waals surface area contributed by atoms with Crippen molar-refractivity contribution in [2.24, 2.45) is 5.41 Å². The molecule has 1 N–H and O–H groups in total. The average molecular weight is 340 g/mol. The SMILES string of the molecule is Cc1cccc(C(=O)N2CCC3(CCNC3)CC2)c1[N+](=O)[O-].Cl. The smallest absolute Gasteiger partial charge is 0.285 e. The standard InChI is InChI=1S/C16H21N3O3.ClH/c1-12-3-2-4-13(14(12)19(21)22)15(20)18-9-6-16(7-10-18)5-8-17-11-16;/h2-4,17H,5-11H2,1H3;1H. The lowest BCUT2D eigenvalue weighted by Gasteiger charge is -2.38. The van der Waals surface area contributed by atoms with Gasteiger partial charge in [0.1, 0.15) is 5.56 Å². The van der Waals surface area contributed by atoms with Gasteiger partial charge < -0.3 is 10.2 Å². The van der Waals surface area contributed by atoms with Gasteiger partial charge in [-0.2, -0.15) is 0 Å². The number of hydrogen-bond donors (Lipinski definition) is 1. The Labute approximate surface area is 141 Å². The molecular weight excluding hydrogens is 318 g/mol. The fraction of sp³-hybridized carbons (Fsp3) is 0.562. The molecule has 2 aliphatic heterocycles. The summed E-state index contributed by atoms with van der Waals surface area (Å²) in [5, 5.41) is 14.7. The Morgan fingerprint density at radius 2 is 2.00 bits per heavy atom. The van der Waals surface area contributed by atoms with Crippen LogP contribution in [0, 0.1) is 22.5 Å². The van der Waals surface area contributed by atoms with Gasteiger partial charge in [0.05, 0.1) is 4.92 Å². The normalized spacial score (nSPS) is 19.4. The van der Waals surface area contributed by atoms with Crippen LogP contribution in [0.15, 0.2) is 18.2 Å². The number of halogens is 1. The topological polar surface area (TPSA) is 75.5 Å². The minimum absolute atomic E-state index is 0. The van der Waals surface area contributed by atoms with Crippen LogP contribution in [-0.2, 0) is 0 Å². The molecule has 2 heterocycles. The summed E-state index contributed by atoms with van der Waals surface area (Å²) in [5.74, 6) is -0.212. The molecule has 3 rings (SSSR count). The third kappa shape index (κ3) is 3.33. The Hall–Kier alpha value is -1.66. The zero-order valence-corrected chi connectivity index (χ0v) is 14.0. The van der Waals surface area contributed by atoms with Gasteiger partial charge in [0.2, 0.25) is 0 Å². The van der Waals surface area contributed by atoms with E-state index in [0.717, 1.165) is 25.9 Å². The molecule has 0 aromatic heterocycles. The number of likely N-dealkylation sites (tertiary alicyclic amines) is 1. The number of aryl methyl sites for hydroxylation is 1. The largest absolute Gasteiger partial charge is 0.338 e. The third-order valence-electron chi connectivity index (χ3n) is 5.09. The maximum atomic E-state index is 12.7. The summed E-state index contributed by atoms with van der Waals surface area (Å²) in [6.07, 6.45) is 3.12. The molecule has 1 amide bonds. The zero-order valence-electron chi connectivity index (χ0n) is 13.2. The summed E-state index contributed by atoms with van der Waals surface area (Å²) >= 11 is 0. The number of nitro benzene ring substituents is 1. The highest BCUT2D eigenvalue weighted by molar-refractivity contribution is 5.98. The number of nitrogens with one attached hydrogen (secondary N) is 1. The van der Waals surface area contributed by atoms with E-state index in [1.165, 1.54) is 6.42 Å². The van der Waals surface area contributed by atoms with Gasteiger partial charge in [0.15, 0.2) is 0 Å². The summed E-state index contributed by atoms with van der Waals surface area (Å²) in [6.45, 7) is 5.12. The molecule has 2 saturated heterocycles. The lowest BCUT2D eigenvalue weighted by molar-refractivity contribution is -0.385. The summed E-state index contributed by atoms with van der Waals surface area (Å²) in [7, 11) is 0. The number of para-hydroxylation sites is 1. The van der Waals surface area contributed by atoms with Crippen LogP contribution in [0.4, 0.5) is 5.69 Å². The molecule has 0 saturated carbocycles. The van der Waals surface area contributed by atoms with Crippen LogP contribution in [-0.4, -0.2) is 41.9 Å². The Balaban J connectivity index is 0.00000192. The van der Waals surface area contributed by atoms with Gasteiger partial charge in [-0.1, -0.05) is 12.1 Å². The highest BCUT2D eigenvalue weighted by Crippen LogP contribution is 2.37. The molecule has 0 aliphatic carbocycles. The minimum atomic E-state index is -0.450. The number of amides is 1. The molecule has 126 valence electrons. The predicted octanol–water partition coefficient (Wildman–Crippen LogP) is 2.54. The molecule has 6 nitrogen and oxygen atoms in total. The van der Waals surface area contributed by atoms with Crippen molar-refractivity contribution in [3.8, 4) is 0 Å². The van der Waals surface area contributed by atoms with Crippen molar-refractivity contribution in [3.05, 3.63) is 39.4 Å². The number of benzene rings is 1. The van der Waals surface area contributed by atoms with E-state index in [2.05, 4.69) is 5.32 Å². The maximum Gasteiger partial charge on any atom is 0.285 e. The molecular formula is C16H22ClN3O3. The van der Waals surface area contributed by atoms with Crippen LogP contribution in [0.25, 0.3) is 0 Å². The first kappa shape index (κ1) is 17.7. The fourth-order valence-electron chi connectivity index (χ4n) is 3.65. The highest BCUT2D eigenvalue weighted by atomic mass is 35.5. The van der Waals surface area contributed by atoms with E-state index in [-0.39, 0.29) is 29.6 Å². The molecule has 0 unspecified atom stereocenters. The van der Waals surface area contributed by atoms with Crippen LogP contribution in [0.5, 0.6) is 0 Å². The number of carbonyl (C=O) groups excluding carboxylic acids is 1. The number of rotatable bonds is 2. The van der Waals surface area contributed by atoms with Crippen LogP contribution < -0.4 is 5.32 Å². The molecule has 2 fully saturated rings. The van der Waals surface area contributed by atoms with Gasteiger partial charge in [-0.05, 0) is 44.2 Å². The Bertz CT molecular complexity index is 605. The number of nitrogens with zero attached hydrogens (tertiary/aromatic N) is 2. The van der Waals surface area contributed by atoms with Gasteiger partial charge in [-0.15, -0.1) is 12.4 Å².